The molecular formula is C27H23BrN2O6S. The van der Waals surface area contributed by atoms with E-state index in [0.717, 1.165) is 15.8 Å². The third-order valence-corrected chi connectivity index (χ3v) is 7.44. The van der Waals surface area contributed by atoms with Gasteiger partial charge >= 0.3 is 11.9 Å². The number of methoxy groups -OCH3 is 1. The lowest BCUT2D eigenvalue weighted by atomic mass is 9.94. The van der Waals surface area contributed by atoms with Gasteiger partial charge in [-0.2, -0.15) is 0 Å². The number of nitrogens with zero attached hydrogens (tertiary/aromatic N) is 2. The van der Waals surface area contributed by atoms with Gasteiger partial charge in [-0.25, -0.2) is 9.78 Å². The molecule has 1 N–H and O–H groups in total. The number of aryl methyl sites for hydroxylation is 2. The fourth-order valence-corrected chi connectivity index (χ4v) is 5.47. The molecule has 37 heavy (non-hydrogen) atoms. The van der Waals surface area contributed by atoms with E-state index in [0.29, 0.717) is 28.1 Å². The van der Waals surface area contributed by atoms with Crippen molar-refractivity contribution in [1.29, 1.82) is 0 Å². The number of aliphatic hydroxyl groups is 1. The van der Waals surface area contributed by atoms with Crippen LogP contribution < -0.4 is 9.64 Å². The van der Waals surface area contributed by atoms with Crippen LogP contribution in [-0.2, 0) is 14.3 Å². The molecule has 1 saturated heterocycles. The summed E-state index contributed by atoms with van der Waals surface area (Å²) in [7, 11) is 1.53. The third-order valence-electron chi connectivity index (χ3n) is 5.81. The van der Waals surface area contributed by atoms with E-state index in [1.54, 1.807) is 50.2 Å². The second-order valence-electron chi connectivity index (χ2n) is 8.20. The number of ether oxygens (including phenoxy) is 2. The van der Waals surface area contributed by atoms with E-state index in [2.05, 4.69) is 27.5 Å². The summed E-state index contributed by atoms with van der Waals surface area (Å²) in [6.07, 6.45) is 1.45. The summed E-state index contributed by atoms with van der Waals surface area (Å²) < 4.78 is 11.1. The number of amides is 1. The highest BCUT2D eigenvalue weighted by atomic mass is 79.9. The van der Waals surface area contributed by atoms with Gasteiger partial charge in [-0.15, -0.1) is 0 Å². The van der Waals surface area contributed by atoms with Crippen LogP contribution in [0.3, 0.4) is 0 Å². The maximum atomic E-state index is 13.4. The Morgan fingerprint density at radius 3 is 2.65 bits per heavy atom. The quantitative estimate of drug-likeness (QED) is 0.129. The minimum Gasteiger partial charge on any atom is -0.507 e. The van der Waals surface area contributed by atoms with Crippen molar-refractivity contribution in [2.75, 3.05) is 18.6 Å². The van der Waals surface area contributed by atoms with Crippen LogP contribution in [0.2, 0.25) is 0 Å². The molecule has 1 aromatic heterocycles. The first-order valence-electron chi connectivity index (χ1n) is 11.1. The van der Waals surface area contributed by atoms with Crippen LogP contribution in [0.15, 0.2) is 65.2 Å². The topological polar surface area (TPSA) is 106 Å². The van der Waals surface area contributed by atoms with Crippen molar-refractivity contribution in [1.82, 2.24) is 4.98 Å². The minimum atomic E-state index is -0.985. The van der Waals surface area contributed by atoms with E-state index in [4.69, 9.17) is 9.47 Å². The van der Waals surface area contributed by atoms with Crippen LogP contribution in [0.4, 0.5) is 5.13 Å². The molecule has 0 radical (unpaired) electrons. The molecule has 0 spiro atoms. The van der Waals surface area contributed by atoms with Crippen molar-refractivity contribution in [3.8, 4) is 5.75 Å². The van der Waals surface area contributed by atoms with Crippen LogP contribution in [0.25, 0.3) is 5.76 Å². The van der Waals surface area contributed by atoms with Gasteiger partial charge in [-0.3, -0.25) is 14.5 Å². The number of anilines is 1. The van der Waals surface area contributed by atoms with Crippen LogP contribution in [0.1, 0.15) is 38.1 Å². The van der Waals surface area contributed by atoms with Gasteiger partial charge in [0.15, 0.2) is 5.13 Å². The molecule has 0 saturated carbocycles. The zero-order valence-electron chi connectivity index (χ0n) is 20.3. The summed E-state index contributed by atoms with van der Waals surface area (Å²) in [5, 5.41) is 11.5. The highest BCUT2D eigenvalue weighted by Crippen LogP contribution is 2.44. The summed E-state index contributed by atoms with van der Waals surface area (Å²) >= 11 is 4.38. The van der Waals surface area contributed by atoms with Crippen LogP contribution in [0.5, 0.6) is 5.75 Å². The average Bonchev–Trinajstić information content (AvgIpc) is 3.38. The molecule has 0 unspecified atom stereocenters. The molecule has 10 heteroatoms. The van der Waals surface area contributed by atoms with Gasteiger partial charge in [-0.05, 0) is 55.3 Å². The number of esters is 1. The zero-order chi connectivity index (χ0) is 26.9. The van der Waals surface area contributed by atoms with Gasteiger partial charge in [0.25, 0.3) is 5.78 Å². The fraction of sp³-hybridized carbons (Fsp3) is 0.185. The van der Waals surface area contributed by atoms with Crippen molar-refractivity contribution in [2.45, 2.75) is 19.9 Å². The number of hydrogen-bond donors (Lipinski definition) is 1. The highest BCUT2D eigenvalue weighted by Gasteiger charge is 2.48. The maximum absolute atomic E-state index is 13.4. The summed E-state index contributed by atoms with van der Waals surface area (Å²) in [5.41, 5.74) is 1.90. The minimum absolute atomic E-state index is 0.0231. The largest absolute Gasteiger partial charge is 0.507 e. The molecule has 1 aliphatic rings. The fourth-order valence-electron chi connectivity index (χ4n) is 4.07. The third kappa shape index (κ3) is 4.94. The Morgan fingerprint density at radius 1 is 1.24 bits per heavy atom. The number of carbonyl (C=O) groups excluding carboxylic acids is 3. The van der Waals surface area contributed by atoms with Gasteiger partial charge in [0.1, 0.15) is 23.0 Å². The highest BCUT2D eigenvalue weighted by molar-refractivity contribution is 9.10. The molecule has 1 atom stereocenters. The molecular weight excluding hydrogens is 560 g/mol. The van der Waals surface area contributed by atoms with Gasteiger partial charge in [-0.1, -0.05) is 52.1 Å². The number of hydrogen-bond acceptors (Lipinski definition) is 8. The molecule has 0 bridgehead atoms. The number of benzene rings is 2. The first-order chi connectivity index (χ1) is 17.7. The van der Waals surface area contributed by atoms with Gasteiger partial charge in [0.05, 0.1) is 24.4 Å². The number of carbonyl (C=O) groups is 3. The maximum Gasteiger partial charge on any atom is 0.350 e. The molecule has 1 amide bonds. The zero-order valence-corrected chi connectivity index (χ0v) is 22.7. The van der Waals surface area contributed by atoms with E-state index >= 15 is 0 Å². The van der Waals surface area contributed by atoms with Crippen molar-refractivity contribution in [2.24, 2.45) is 0 Å². The number of Topliss-reactive ketones (excluding diaryl/α,β-unsaturated/α-hetero) is 1. The number of aromatic nitrogens is 1. The Labute approximate surface area is 226 Å². The van der Waals surface area contributed by atoms with Gasteiger partial charge in [0, 0.05) is 10.0 Å². The Kier molecular flexibility index (Phi) is 7.60. The van der Waals surface area contributed by atoms with Crippen molar-refractivity contribution >= 4 is 55.8 Å². The van der Waals surface area contributed by atoms with Crippen molar-refractivity contribution < 1.29 is 29.0 Å². The van der Waals surface area contributed by atoms with Crippen molar-refractivity contribution in [3.63, 3.8) is 0 Å². The summed E-state index contributed by atoms with van der Waals surface area (Å²) in [5.74, 6) is -2.05. The molecule has 2 heterocycles. The first-order valence-corrected chi connectivity index (χ1v) is 12.8. The lowest BCUT2D eigenvalue weighted by Crippen LogP contribution is -2.29. The summed E-state index contributed by atoms with van der Waals surface area (Å²) in [6.45, 7) is 6.95. The Bertz CT molecular complexity index is 1460. The molecule has 0 aliphatic carbocycles. The second-order valence-corrected chi connectivity index (χ2v) is 10.1. The Hall–Kier alpha value is -3.76. The lowest BCUT2D eigenvalue weighted by molar-refractivity contribution is -0.132. The molecule has 2 aromatic carbocycles. The predicted octanol–water partition coefficient (Wildman–Crippen LogP) is 5.50. The molecule has 8 nitrogen and oxygen atoms in total. The molecule has 4 rings (SSSR count). The molecule has 3 aromatic rings. The van der Waals surface area contributed by atoms with E-state index in [9.17, 15) is 19.5 Å². The predicted molar refractivity (Wildman–Crippen MR) is 144 cm³/mol. The SMILES string of the molecule is C=CCOC(=O)c1sc(N2C(=O)C(=O)/C(=C(/O)c3ccc(OC)cc3C)[C@H]2c2cccc(Br)c2)nc1C. The number of rotatable bonds is 7. The monoisotopic (exact) mass is 582 g/mol. The van der Waals surface area contributed by atoms with E-state index in [1.807, 2.05) is 6.07 Å². The molecule has 190 valence electrons. The Morgan fingerprint density at radius 2 is 2.00 bits per heavy atom. The van der Waals surface area contributed by atoms with Gasteiger partial charge in [0.2, 0.25) is 0 Å². The van der Waals surface area contributed by atoms with Crippen molar-refractivity contribution in [3.05, 3.63) is 92.4 Å². The molecule has 1 fully saturated rings. The van der Waals surface area contributed by atoms with E-state index in [1.165, 1.54) is 18.1 Å². The smallest absolute Gasteiger partial charge is 0.350 e. The first kappa shape index (κ1) is 26.3. The number of thiazole rings is 1. The molecule has 1 aliphatic heterocycles. The normalized spacial score (nSPS) is 16.6. The van der Waals surface area contributed by atoms with Crippen LogP contribution >= 0.6 is 27.3 Å². The van der Waals surface area contributed by atoms with Crippen LogP contribution in [-0.4, -0.2) is 41.5 Å². The van der Waals surface area contributed by atoms with E-state index < -0.39 is 23.7 Å². The van der Waals surface area contributed by atoms with E-state index in [-0.39, 0.29) is 27.9 Å². The van der Waals surface area contributed by atoms with Crippen LogP contribution in [0, 0.1) is 13.8 Å². The number of halogens is 1. The second kappa shape index (κ2) is 10.7. The van der Waals surface area contributed by atoms with Gasteiger partial charge < -0.3 is 14.6 Å². The summed E-state index contributed by atoms with van der Waals surface area (Å²) in [6, 6.07) is 11.1. The average molecular weight is 583 g/mol. The Balaban J connectivity index is 1.90. The number of ketones is 1. The standard InChI is InChI=1S/C27H23BrN2O6S/c1-5-11-36-26(34)24-15(3)29-27(37-24)30-21(16-7-6-8-17(28)13-16)20(23(32)25(30)33)22(31)19-10-9-18(35-4)12-14(19)2/h5-10,12-13,21,31H,1,11H2,2-4H3/b22-20+/t21-/m1/s1. The number of aliphatic hydroxyl groups excluding tert-OH is 1. The summed E-state index contributed by atoms with van der Waals surface area (Å²) in [4.78, 5) is 45.2. The lowest BCUT2D eigenvalue weighted by Gasteiger charge is -2.23.